The predicted molar refractivity (Wildman–Crippen MR) is 83.7 cm³/mol. The molecular weight excluding hydrogens is 345 g/mol. The molecule has 0 bridgehead atoms. The number of hydrogen-bond acceptors (Lipinski definition) is 5. The van der Waals surface area contributed by atoms with Gasteiger partial charge in [-0.2, -0.15) is 13.2 Å². The number of amides is 2. The second-order valence-electron chi connectivity index (χ2n) is 5.50. The lowest BCUT2D eigenvalue weighted by Crippen LogP contribution is -2.47. The van der Waals surface area contributed by atoms with Crippen LogP contribution in [0, 0.1) is 5.92 Å². The fourth-order valence-electron chi connectivity index (χ4n) is 2.52. The summed E-state index contributed by atoms with van der Waals surface area (Å²) in [5, 5.41) is 8.42. The Kier molecular flexibility index (Phi) is 6.03. The zero-order valence-corrected chi connectivity index (χ0v) is 14.0. The minimum absolute atomic E-state index is 0.0476. The second-order valence-corrected chi connectivity index (χ2v) is 6.36. The lowest BCUT2D eigenvalue weighted by Gasteiger charge is -2.31. The smallest absolute Gasteiger partial charge is 0.365 e. The standard InChI is InChI=1S/C14H19F3N4O2S/c1-18-13-20-10(8-24-13)2-5-19-11(22)9-3-6-21(7-4-9)12(23)14(15,16)17/h8-9H,2-7H2,1H3,(H,18,20)(H,19,22). The highest BCUT2D eigenvalue weighted by Gasteiger charge is 2.43. The SMILES string of the molecule is CNc1nc(CCNC(=O)C2CCN(C(=O)C(F)(F)F)CC2)cs1. The highest BCUT2D eigenvalue weighted by atomic mass is 32.1. The molecule has 2 rings (SSSR count). The van der Waals surface area contributed by atoms with Crippen LogP contribution in [0.25, 0.3) is 0 Å². The van der Waals surface area contributed by atoms with Crippen LogP contribution in [0.2, 0.25) is 0 Å². The molecule has 0 radical (unpaired) electrons. The summed E-state index contributed by atoms with van der Waals surface area (Å²) in [7, 11) is 1.78. The third kappa shape index (κ3) is 4.83. The quantitative estimate of drug-likeness (QED) is 0.833. The molecule has 0 aromatic carbocycles. The normalized spacial score (nSPS) is 16.1. The van der Waals surface area contributed by atoms with Gasteiger partial charge in [0.1, 0.15) is 0 Å². The Morgan fingerprint density at radius 1 is 1.38 bits per heavy atom. The summed E-state index contributed by atoms with van der Waals surface area (Å²) in [4.78, 5) is 28.3. The summed E-state index contributed by atoms with van der Waals surface area (Å²) in [6.07, 6.45) is -3.77. The van der Waals surface area contributed by atoms with Crippen LogP contribution in [0.4, 0.5) is 18.3 Å². The second kappa shape index (κ2) is 7.82. The first-order chi connectivity index (χ1) is 11.3. The number of nitrogens with zero attached hydrogens (tertiary/aromatic N) is 2. The van der Waals surface area contributed by atoms with E-state index in [1.807, 2.05) is 5.38 Å². The fraction of sp³-hybridized carbons (Fsp3) is 0.643. The van der Waals surface area contributed by atoms with Gasteiger partial charge in [-0.15, -0.1) is 11.3 Å². The van der Waals surface area contributed by atoms with Crippen molar-refractivity contribution >= 4 is 28.3 Å². The number of nitrogens with one attached hydrogen (secondary N) is 2. The predicted octanol–water partition coefficient (Wildman–Crippen LogP) is 1.64. The van der Waals surface area contributed by atoms with E-state index in [-0.39, 0.29) is 37.8 Å². The van der Waals surface area contributed by atoms with Gasteiger partial charge in [-0.25, -0.2) is 4.98 Å². The minimum Gasteiger partial charge on any atom is -0.365 e. The number of rotatable bonds is 5. The number of carbonyl (C=O) groups excluding carboxylic acids is 2. The van der Waals surface area contributed by atoms with Crippen molar-refractivity contribution in [1.29, 1.82) is 0 Å². The maximum absolute atomic E-state index is 12.4. The van der Waals surface area contributed by atoms with Crippen LogP contribution in [0.15, 0.2) is 5.38 Å². The van der Waals surface area contributed by atoms with E-state index >= 15 is 0 Å². The van der Waals surface area contributed by atoms with Gasteiger partial charge in [0.25, 0.3) is 0 Å². The summed E-state index contributed by atoms with van der Waals surface area (Å²) in [5.41, 5.74) is 0.871. The van der Waals surface area contributed by atoms with E-state index in [2.05, 4.69) is 15.6 Å². The average molecular weight is 364 g/mol. The van der Waals surface area contributed by atoms with Gasteiger partial charge in [0.2, 0.25) is 5.91 Å². The number of alkyl halides is 3. The Hall–Kier alpha value is -1.84. The van der Waals surface area contributed by atoms with Crippen LogP contribution in [0.1, 0.15) is 18.5 Å². The molecule has 1 aliphatic heterocycles. The van der Waals surface area contributed by atoms with Gasteiger partial charge < -0.3 is 15.5 Å². The molecule has 2 N–H and O–H groups in total. The molecule has 0 aliphatic carbocycles. The molecule has 24 heavy (non-hydrogen) atoms. The molecule has 1 aliphatic rings. The monoisotopic (exact) mass is 364 g/mol. The van der Waals surface area contributed by atoms with Gasteiger partial charge in [0.15, 0.2) is 5.13 Å². The Balaban J connectivity index is 1.72. The molecule has 1 saturated heterocycles. The lowest BCUT2D eigenvalue weighted by molar-refractivity contribution is -0.186. The van der Waals surface area contributed by atoms with Crippen LogP contribution < -0.4 is 10.6 Å². The van der Waals surface area contributed by atoms with Gasteiger partial charge in [0, 0.05) is 44.4 Å². The van der Waals surface area contributed by atoms with Crippen molar-refractivity contribution in [2.75, 3.05) is 32.0 Å². The summed E-state index contributed by atoms with van der Waals surface area (Å²) < 4.78 is 37.1. The van der Waals surface area contributed by atoms with Crippen molar-refractivity contribution in [2.24, 2.45) is 5.92 Å². The van der Waals surface area contributed by atoms with Crippen molar-refractivity contribution in [3.8, 4) is 0 Å². The van der Waals surface area contributed by atoms with Crippen LogP contribution in [0.3, 0.4) is 0 Å². The number of carbonyl (C=O) groups is 2. The zero-order valence-electron chi connectivity index (χ0n) is 13.2. The lowest BCUT2D eigenvalue weighted by atomic mass is 9.96. The first-order valence-electron chi connectivity index (χ1n) is 7.57. The third-order valence-electron chi connectivity index (χ3n) is 3.84. The number of likely N-dealkylation sites (tertiary alicyclic amines) is 1. The average Bonchev–Trinajstić information content (AvgIpc) is 3.01. The summed E-state index contributed by atoms with van der Waals surface area (Å²) in [5.74, 6) is -2.37. The van der Waals surface area contributed by atoms with E-state index in [9.17, 15) is 22.8 Å². The summed E-state index contributed by atoms with van der Waals surface area (Å²) in [6, 6.07) is 0. The number of piperidine rings is 1. The molecular formula is C14H19F3N4O2S. The van der Waals surface area contributed by atoms with Crippen LogP contribution in [0.5, 0.6) is 0 Å². The number of halogens is 3. The van der Waals surface area contributed by atoms with Crippen molar-refractivity contribution in [1.82, 2.24) is 15.2 Å². The Bertz CT molecular complexity index is 583. The van der Waals surface area contributed by atoms with Crippen LogP contribution >= 0.6 is 11.3 Å². The molecule has 1 aromatic heterocycles. The van der Waals surface area contributed by atoms with Crippen molar-refractivity contribution in [2.45, 2.75) is 25.4 Å². The summed E-state index contributed by atoms with van der Waals surface area (Å²) >= 11 is 1.48. The topological polar surface area (TPSA) is 74.3 Å². The molecule has 6 nitrogen and oxygen atoms in total. The van der Waals surface area contributed by atoms with Crippen molar-refractivity contribution in [3.63, 3.8) is 0 Å². The number of thiazole rings is 1. The van der Waals surface area contributed by atoms with Crippen molar-refractivity contribution < 1.29 is 22.8 Å². The van der Waals surface area contributed by atoms with E-state index in [1.54, 1.807) is 7.05 Å². The Labute approximate surface area is 141 Å². The molecule has 1 fully saturated rings. The van der Waals surface area contributed by atoms with E-state index in [0.717, 1.165) is 15.7 Å². The molecule has 0 unspecified atom stereocenters. The Morgan fingerprint density at radius 2 is 2.04 bits per heavy atom. The molecule has 0 saturated carbocycles. The fourth-order valence-corrected chi connectivity index (χ4v) is 3.22. The maximum Gasteiger partial charge on any atom is 0.471 e. The molecule has 1 aromatic rings. The van der Waals surface area contributed by atoms with Gasteiger partial charge in [-0.1, -0.05) is 0 Å². The van der Waals surface area contributed by atoms with Crippen LogP contribution in [-0.2, 0) is 16.0 Å². The first-order valence-corrected chi connectivity index (χ1v) is 8.45. The molecule has 0 spiro atoms. The maximum atomic E-state index is 12.4. The Morgan fingerprint density at radius 3 is 2.58 bits per heavy atom. The van der Waals surface area contributed by atoms with E-state index in [4.69, 9.17) is 0 Å². The van der Waals surface area contributed by atoms with E-state index < -0.39 is 12.1 Å². The molecule has 10 heteroatoms. The molecule has 2 heterocycles. The largest absolute Gasteiger partial charge is 0.471 e. The number of aromatic nitrogens is 1. The van der Waals surface area contributed by atoms with E-state index in [0.29, 0.717) is 13.0 Å². The van der Waals surface area contributed by atoms with Gasteiger partial charge in [-0.3, -0.25) is 9.59 Å². The molecule has 2 amide bonds. The minimum atomic E-state index is -4.85. The van der Waals surface area contributed by atoms with Gasteiger partial charge in [0.05, 0.1) is 5.69 Å². The third-order valence-corrected chi connectivity index (χ3v) is 4.75. The molecule has 0 atom stereocenters. The first kappa shape index (κ1) is 18.5. The van der Waals surface area contributed by atoms with Gasteiger partial charge >= 0.3 is 12.1 Å². The zero-order chi connectivity index (χ0) is 17.7. The van der Waals surface area contributed by atoms with Crippen LogP contribution in [-0.4, -0.2) is 54.6 Å². The summed E-state index contributed by atoms with van der Waals surface area (Å²) in [6.45, 7) is 0.329. The number of hydrogen-bond donors (Lipinski definition) is 2. The number of anilines is 1. The highest BCUT2D eigenvalue weighted by Crippen LogP contribution is 2.24. The van der Waals surface area contributed by atoms with Crippen molar-refractivity contribution in [3.05, 3.63) is 11.1 Å². The highest BCUT2D eigenvalue weighted by molar-refractivity contribution is 7.13. The molecule has 134 valence electrons. The van der Waals surface area contributed by atoms with E-state index in [1.165, 1.54) is 11.3 Å². The van der Waals surface area contributed by atoms with Gasteiger partial charge in [-0.05, 0) is 12.8 Å².